The summed E-state index contributed by atoms with van der Waals surface area (Å²) in [4.78, 5) is 12.3. The number of fused-ring (bicyclic) bond motifs is 1. The predicted molar refractivity (Wildman–Crippen MR) is 112 cm³/mol. The molecule has 2 heterocycles. The van der Waals surface area contributed by atoms with Crippen molar-refractivity contribution in [3.63, 3.8) is 0 Å². The minimum Gasteiger partial charge on any atom is -0.457 e. The third kappa shape index (κ3) is 3.84. The molecule has 4 aromatic rings. The molecule has 0 unspecified atom stereocenters. The molecule has 4 rings (SSSR count). The molecule has 0 fully saturated rings. The molecule has 0 saturated heterocycles. The minimum absolute atomic E-state index is 0.250. The molecular weight excluding hydrogens is 426 g/mol. The molecule has 2 aromatic carbocycles. The highest BCUT2D eigenvalue weighted by atomic mass is 79.9. The molecule has 1 amide bonds. The maximum atomic E-state index is 12.3. The van der Waals surface area contributed by atoms with Gasteiger partial charge in [-0.25, -0.2) is 0 Å². The summed E-state index contributed by atoms with van der Waals surface area (Å²) in [5, 5.41) is 2.89. The number of hydrogen-bond donors (Lipinski definition) is 1. The fourth-order valence-corrected chi connectivity index (χ4v) is 3.45. The van der Waals surface area contributed by atoms with E-state index in [1.165, 1.54) is 6.08 Å². The Labute approximate surface area is 168 Å². The average molecular weight is 440 g/mol. The zero-order valence-electron chi connectivity index (χ0n) is 14.3. The lowest BCUT2D eigenvalue weighted by Gasteiger charge is -2.06. The number of rotatable bonds is 4. The fourth-order valence-electron chi connectivity index (χ4n) is 2.64. The third-order valence-electron chi connectivity index (χ3n) is 4.04. The van der Waals surface area contributed by atoms with Gasteiger partial charge in [0.15, 0.2) is 0 Å². The highest BCUT2D eigenvalue weighted by Crippen LogP contribution is 2.26. The molecule has 0 atom stereocenters. The lowest BCUT2D eigenvalue weighted by atomic mass is 10.1. The summed E-state index contributed by atoms with van der Waals surface area (Å²) in [6, 6.07) is 15.4. The maximum absolute atomic E-state index is 12.3. The van der Waals surface area contributed by atoms with Crippen LogP contribution in [0.4, 0.5) is 5.69 Å². The minimum atomic E-state index is -0.250. The van der Waals surface area contributed by atoms with E-state index in [1.54, 1.807) is 6.08 Å². The summed E-state index contributed by atoms with van der Waals surface area (Å²) in [7, 11) is 0. The van der Waals surface area contributed by atoms with Crippen LogP contribution in [0.15, 0.2) is 63.5 Å². The number of furan rings is 1. The summed E-state index contributed by atoms with van der Waals surface area (Å²) in [5.41, 5.74) is 4.08. The van der Waals surface area contributed by atoms with Crippen LogP contribution in [0.5, 0.6) is 0 Å². The summed E-state index contributed by atoms with van der Waals surface area (Å²) in [6.45, 7) is 1.93. The van der Waals surface area contributed by atoms with Crippen LogP contribution in [0, 0.1) is 6.92 Å². The number of carbonyl (C=O) groups is 1. The van der Waals surface area contributed by atoms with Crippen LogP contribution in [0.1, 0.15) is 11.3 Å². The first kappa shape index (κ1) is 17.6. The highest BCUT2D eigenvalue weighted by molar-refractivity contribution is 9.10. The summed E-state index contributed by atoms with van der Waals surface area (Å²) < 4.78 is 15.3. The molecule has 0 aliphatic rings. The third-order valence-corrected chi connectivity index (χ3v) is 5.11. The fraction of sp³-hybridized carbons (Fsp3) is 0.0500. The van der Waals surface area contributed by atoms with Gasteiger partial charge in [0.2, 0.25) is 5.91 Å². The van der Waals surface area contributed by atoms with Gasteiger partial charge in [-0.2, -0.15) is 8.75 Å². The molecule has 27 heavy (non-hydrogen) atoms. The van der Waals surface area contributed by atoms with Crippen molar-refractivity contribution in [1.29, 1.82) is 0 Å². The number of nitrogens with one attached hydrogen (secondary N) is 1. The van der Waals surface area contributed by atoms with Gasteiger partial charge in [-0.3, -0.25) is 4.79 Å². The van der Waals surface area contributed by atoms with Gasteiger partial charge in [0.1, 0.15) is 22.6 Å². The zero-order valence-corrected chi connectivity index (χ0v) is 16.7. The molecule has 0 saturated carbocycles. The van der Waals surface area contributed by atoms with E-state index in [1.807, 2.05) is 55.5 Å². The summed E-state index contributed by atoms with van der Waals surface area (Å²) in [6.07, 6.45) is 3.09. The Kier molecular flexibility index (Phi) is 4.87. The van der Waals surface area contributed by atoms with E-state index in [2.05, 4.69) is 30.0 Å². The van der Waals surface area contributed by atoms with Crippen molar-refractivity contribution in [1.82, 2.24) is 8.75 Å². The molecule has 7 heteroatoms. The second kappa shape index (κ2) is 7.46. The van der Waals surface area contributed by atoms with Crippen LogP contribution >= 0.6 is 27.7 Å². The van der Waals surface area contributed by atoms with Gasteiger partial charge < -0.3 is 9.73 Å². The van der Waals surface area contributed by atoms with Crippen molar-refractivity contribution in [2.45, 2.75) is 6.92 Å². The number of nitrogens with zero attached hydrogens (tertiary/aromatic N) is 2. The molecule has 0 spiro atoms. The largest absolute Gasteiger partial charge is 0.457 e. The van der Waals surface area contributed by atoms with E-state index in [0.717, 1.165) is 38.6 Å². The SMILES string of the molecule is Cc1ccc2nsnc2c1NC(=O)/C=C/c1ccc(-c2ccc(Br)cc2)o1. The molecular formula is C20H14BrN3O2S. The first-order valence-electron chi connectivity index (χ1n) is 8.17. The van der Waals surface area contributed by atoms with E-state index >= 15 is 0 Å². The molecule has 0 radical (unpaired) electrons. The summed E-state index contributed by atoms with van der Waals surface area (Å²) >= 11 is 4.54. The second-order valence-electron chi connectivity index (χ2n) is 5.92. The van der Waals surface area contributed by atoms with E-state index in [9.17, 15) is 4.79 Å². The van der Waals surface area contributed by atoms with Crippen molar-refractivity contribution in [2.75, 3.05) is 5.32 Å². The van der Waals surface area contributed by atoms with Gasteiger partial charge in [0.25, 0.3) is 0 Å². The molecule has 2 aromatic heterocycles. The molecule has 0 bridgehead atoms. The van der Waals surface area contributed by atoms with Crippen molar-refractivity contribution in [3.05, 3.63) is 70.4 Å². The van der Waals surface area contributed by atoms with Crippen molar-refractivity contribution >= 4 is 56.4 Å². The predicted octanol–water partition coefficient (Wildman–Crippen LogP) is 5.67. The molecule has 1 N–H and O–H groups in total. The number of hydrogen-bond acceptors (Lipinski definition) is 5. The number of aromatic nitrogens is 2. The van der Waals surface area contributed by atoms with E-state index in [-0.39, 0.29) is 5.91 Å². The molecule has 5 nitrogen and oxygen atoms in total. The Morgan fingerprint density at radius 3 is 2.74 bits per heavy atom. The number of benzene rings is 2. The summed E-state index contributed by atoms with van der Waals surface area (Å²) in [5.74, 6) is 1.10. The van der Waals surface area contributed by atoms with Gasteiger partial charge in [0, 0.05) is 16.1 Å². The van der Waals surface area contributed by atoms with Crippen LogP contribution in [-0.4, -0.2) is 14.7 Å². The standard InChI is InChI=1S/C20H14BrN3O2S/c1-12-2-9-16-20(24-27-23-16)19(12)22-18(25)11-8-15-7-10-17(26-15)13-3-5-14(21)6-4-13/h2-11H,1H3,(H,22,25)/b11-8+. The normalized spacial score (nSPS) is 11.3. The second-order valence-corrected chi connectivity index (χ2v) is 7.37. The molecule has 0 aliphatic carbocycles. The van der Waals surface area contributed by atoms with Crippen LogP contribution in [0.2, 0.25) is 0 Å². The van der Waals surface area contributed by atoms with Crippen LogP contribution in [0.3, 0.4) is 0 Å². The first-order chi connectivity index (χ1) is 13.1. The van der Waals surface area contributed by atoms with Gasteiger partial charge in [-0.05, 0) is 48.9 Å². The van der Waals surface area contributed by atoms with E-state index in [4.69, 9.17) is 4.42 Å². The Balaban J connectivity index is 1.50. The lowest BCUT2D eigenvalue weighted by molar-refractivity contribution is -0.111. The topological polar surface area (TPSA) is 68.0 Å². The maximum Gasteiger partial charge on any atom is 0.248 e. The van der Waals surface area contributed by atoms with E-state index in [0.29, 0.717) is 17.0 Å². The Bertz CT molecular complexity index is 1150. The smallest absolute Gasteiger partial charge is 0.248 e. The van der Waals surface area contributed by atoms with Gasteiger partial charge in [-0.15, -0.1) is 0 Å². The zero-order chi connectivity index (χ0) is 18.8. The highest BCUT2D eigenvalue weighted by Gasteiger charge is 2.10. The molecule has 134 valence electrons. The average Bonchev–Trinajstić information content (AvgIpc) is 3.32. The number of aryl methyl sites for hydroxylation is 1. The Hall–Kier alpha value is -2.77. The van der Waals surface area contributed by atoms with E-state index < -0.39 is 0 Å². The van der Waals surface area contributed by atoms with Gasteiger partial charge in [0.05, 0.1) is 17.4 Å². The van der Waals surface area contributed by atoms with Crippen molar-refractivity contribution in [3.8, 4) is 11.3 Å². The quantitative estimate of drug-likeness (QED) is 0.415. The number of amides is 1. The van der Waals surface area contributed by atoms with Crippen LogP contribution < -0.4 is 5.32 Å². The molecule has 0 aliphatic heterocycles. The monoisotopic (exact) mass is 439 g/mol. The first-order valence-corrected chi connectivity index (χ1v) is 9.69. The lowest BCUT2D eigenvalue weighted by Crippen LogP contribution is -2.09. The van der Waals surface area contributed by atoms with Crippen molar-refractivity contribution < 1.29 is 9.21 Å². The van der Waals surface area contributed by atoms with Crippen LogP contribution in [-0.2, 0) is 4.79 Å². The Morgan fingerprint density at radius 1 is 1.11 bits per heavy atom. The number of halogens is 1. The number of carbonyl (C=O) groups excluding carboxylic acids is 1. The van der Waals surface area contributed by atoms with Crippen molar-refractivity contribution in [2.24, 2.45) is 0 Å². The number of anilines is 1. The van der Waals surface area contributed by atoms with Gasteiger partial charge >= 0.3 is 0 Å². The Morgan fingerprint density at radius 2 is 1.93 bits per heavy atom. The van der Waals surface area contributed by atoms with Crippen LogP contribution in [0.25, 0.3) is 28.4 Å². The van der Waals surface area contributed by atoms with Gasteiger partial charge in [-0.1, -0.05) is 34.1 Å².